The number of hydrogen-bond acceptors (Lipinski definition) is 2. The molecular weight excluding hydrogens is 242 g/mol. The molecule has 0 atom stereocenters. The standard InChI is InChI=1S/C11H11N3O2.ClH/c1-7-10(11(15)16)8(2)14(13-7)9-5-3-4-6-12-9;/h3-6H,1-2H3,(H,15,16);1H. The number of carboxylic acids is 1. The summed E-state index contributed by atoms with van der Waals surface area (Å²) in [7, 11) is 0. The molecule has 0 aliphatic carbocycles. The fraction of sp³-hybridized carbons (Fsp3) is 0.182. The van der Waals surface area contributed by atoms with Gasteiger partial charge in [0.15, 0.2) is 0 Å². The number of aromatic carboxylic acids is 1. The molecule has 2 N–H and O–H groups in total. The number of aryl methyl sites for hydroxylation is 1. The molecule has 0 saturated carbocycles. The Hall–Kier alpha value is -1.88. The van der Waals surface area contributed by atoms with Gasteiger partial charge in [-0.25, -0.2) is 9.89 Å². The van der Waals surface area contributed by atoms with Crippen molar-refractivity contribution >= 4 is 5.97 Å². The number of H-pyrrole nitrogens is 1. The van der Waals surface area contributed by atoms with Crippen molar-refractivity contribution in [2.24, 2.45) is 0 Å². The van der Waals surface area contributed by atoms with E-state index in [1.807, 2.05) is 18.2 Å². The molecule has 2 rings (SSSR count). The molecule has 2 heterocycles. The number of nitrogens with zero attached hydrogens (tertiary/aromatic N) is 2. The second-order valence-electron chi connectivity index (χ2n) is 3.53. The number of carboxylic acid groups (broad SMARTS) is 1. The predicted molar refractivity (Wildman–Crippen MR) is 56.6 cm³/mol. The lowest BCUT2D eigenvalue weighted by molar-refractivity contribution is -0.665. The van der Waals surface area contributed by atoms with Gasteiger partial charge in [0.1, 0.15) is 17.5 Å². The molecule has 0 bridgehead atoms. The highest BCUT2D eigenvalue weighted by Gasteiger charge is 2.23. The highest BCUT2D eigenvalue weighted by molar-refractivity contribution is 5.89. The van der Waals surface area contributed by atoms with Crippen molar-refractivity contribution < 1.29 is 27.0 Å². The van der Waals surface area contributed by atoms with Gasteiger partial charge in [0, 0.05) is 13.0 Å². The predicted octanol–water partition coefficient (Wildman–Crippen LogP) is -1.99. The van der Waals surface area contributed by atoms with E-state index >= 15 is 0 Å². The normalized spacial score (nSPS) is 9.76. The molecule has 17 heavy (non-hydrogen) atoms. The summed E-state index contributed by atoms with van der Waals surface area (Å²) in [5, 5.41) is 12.0. The summed E-state index contributed by atoms with van der Waals surface area (Å²) in [4.78, 5) is 15.2. The average molecular weight is 254 g/mol. The van der Waals surface area contributed by atoms with E-state index in [0.717, 1.165) is 0 Å². The Morgan fingerprint density at radius 3 is 2.59 bits per heavy atom. The van der Waals surface area contributed by atoms with Gasteiger partial charge in [-0.2, -0.15) is 0 Å². The van der Waals surface area contributed by atoms with Gasteiger partial charge in [0.05, 0.1) is 5.69 Å². The first kappa shape index (κ1) is 13.2. The summed E-state index contributed by atoms with van der Waals surface area (Å²) in [5.74, 6) is -0.253. The maximum absolute atomic E-state index is 11.0. The fourth-order valence-electron chi connectivity index (χ4n) is 1.72. The molecule has 0 aliphatic rings. The van der Waals surface area contributed by atoms with E-state index in [-0.39, 0.29) is 12.4 Å². The van der Waals surface area contributed by atoms with Gasteiger partial charge in [-0.15, -0.1) is 4.68 Å². The Morgan fingerprint density at radius 1 is 1.41 bits per heavy atom. The molecule has 0 spiro atoms. The van der Waals surface area contributed by atoms with E-state index in [1.165, 1.54) is 0 Å². The Kier molecular flexibility index (Phi) is 3.85. The monoisotopic (exact) mass is 253 g/mol. The smallest absolute Gasteiger partial charge is 0.346 e. The summed E-state index contributed by atoms with van der Waals surface area (Å²) < 4.78 is 1.67. The minimum atomic E-state index is -0.930. The van der Waals surface area contributed by atoms with Gasteiger partial charge in [-0.1, -0.05) is 6.07 Å². The van der Waals surface area contributed by atoms with Gasteiger partial charge in [0.25, 0.3) is 0 Å². The largest absolute Gasteiger partial charge is 1.00 e. The number of halogens is 1. The summed E-state index contributed by atoms with van der Waals surface area (Å²) in [5.41, 5.74) is 1.56. The van der Waals surface area contributed by atoms with Crippen LogP contribution in [0.4, 0.5) is 0 Å². The zero-order valence-corrected chi connectivity index (χ0v) is 10.2. The van der Waals surface area contributed by atoms with E-state index in [4.69, 9.17) is 5.11 Å². The molecule has 0 amide bonds. The molecule has 0 unspecified atom stereocenters. The number of hydrogen-bond donors (Lipinski definition) is 2. The molecule has 2 aromatic heterocycles. The first-order chi connectivity index (χ1) is 7.61. The van der Waals surface area contributed by atoms with E-state index in [2.05, 4.69) is 10.1 Å². The molecule has 90 valence electrons. The van der Waals surface area contributed by atoms with Crippen LogP contribution in [0.2, 0.25) is 0 Å². The fourth-order valence-corrected chi connectivity index (χ4v) is 1.72. The van der Waals surface area contributed by atoms with Crippen molar-refractivity contribution in [3.8, 4) is 5.82 Å². The molecule has 2 aromatic rings. The van der Waals surface area contributed by atoms with E-state index in [9.17, 15) is 4.79 Å². The van der Waals surface area contributed by atoms with Crippen LogP contribution in [0.3, 0.4) is 0 Å². The van der Waals surface area contributed by atoms with Gasteiger partial charge in [0.2, 0.25) is 0 Å². The highest BCUT2D eigenvalue weighted by atomic mass is 35.5. The Balaban J connectivity index is 0.00000144. The topological polar surface area (TPSA) is 69.9 Å². The first-order valence-electron chi connectivity index (χ1n) is 4.87. The molecule has 0 aliphatic heterocycles. The third-order valence-electron chi connectivity index (χ3n) is 2.44. The van der Waals surface area contributed by atoms with Gasteiger partial charge >= 0.3 is 11.8 Å². The third-order valence-corrected chi connectivity index (χ3v) is 2.44. The summed E-state index contributed by atoms with van der Waals surface area (Å²) in [6.07, 6.45) is 1.67. The second-order valence-corrected chi connectivity index (χ2v) is 3.53. The summed E-state index contributed by atoms with van der Waals surface area (Å²) in [6.45, 7) is 3.48. The highest BCUT2D eigenvalue weighted by Crippen LogP contribution is 2.09. The second kappa shape index (κ2) is 4.97. The van der Waals surface area contributed by atoms with E-state index in [0.29, 0.717) is 22.8 Å². The summed E-state index contributed by atoms with van der Waals surface area (Å²) in [6, 6.07) is 5.48. The Bertz CT molecular complexity index is 537. The maximum atomic E-state index is 11.0. The zero-order valence-electron chi connectivity index (χ0n) is 9.44. The van der Waals surface area contributed by atoms with Crippen molar-refractivity contribution in [2.45, 2.75) is 13.8 Å². The van der Waals surface area contributed by atoms with Crippen LogP contribution in [0, 0.1) is 13.8 Å². The number of rotatable bonds is 2. The minimum Gasteiger partial charge on any atom is -1.00 e. The summed E-state index contributed by atoms with van der Waals surface area (Å²) >= 11 is 0. The number of aromatic nitrogens is 3. The number of nitrogens with one attached hydrogen (secondary N) is 1. The maximum Gasteiger partial charge on any atom is 0.346 e. The SMILES string of the molecule is Cc1[nH][n+](-c2ccccn2)c(C)c1C(=O)O.[Cl-]. The van der Waals surface area contributed by atoms with Crippen molar-refractivity contribution in [1.82, 2.24) is 10.1 Å². The number of carbonyl (C=O) groups is 1. The molecule has 0 fully saturated rings. The van der Waals surface area contributed by atoms with Crippen LogP contribution < -0.4 is 17.1 Å². The van der Waals surface area contributed by atoms with E-state index < -0.39 is 5.97 Å². The molecular formula is C11H12ClN3O2. The van der Waals surface area contributed by atoms with Gasteiger partial charge < -0.3 is 17.5 Å². The van der Waals surface area contributed by atoms with Crippen LogP contribution in [0.15, 0.2) is 24.4 Å². The molecule has 0 radical (unpaired) electrons. The Morgan fingerprint density at radius 2 is 2.12 bits per heavy atom. The third kappa shape index (κ3) is 2.29. The van der Waals surface area contributed by atoms with Crippen molar-refractivity contribution in [2.75, 3.05) is 0 Å². The molecule has 6 heteroatoms. The van der Waals surface area contributed by atoms with Crippen LogP contribution in [0.25, 0.3) is 5.82 Å². The van der Waals surface area contributed by atoms with Crippen LogP contribution in [-0.2, 0) is 0 Å². The first-order valence-corrected chi connectivity index (χ1v) is 4.87. The minimum absolute atomic E-state index is 0. The van der Waals surface area contributed by atoms with Crippen LogP contribution in [0.1, 0.15) is 21.7 Å². The van der Waals surface area contributed by atoms with Crippen LogP contribution in [0.5, 0.6) is 0 Å². The molecule has 0 saturated heterocycles. The lowest BCUT2D eigenvalue weighted by Crippen LogP contribution is -3.00. The zero-order chi connectivity index (χ0) is 11.7. The average Bonchev–Trinajstić information content (AvgIpc) is 2.55. The van der Waals surface area contributed by atoms with E-state index in [1.54, 1.807) is 24.7 Å². The van der Waals surface area contributed by atoms with Crippen molar-refractivity contribution in [3.63, 3.8) is 0 Å². The van der Waals surface area contributed by atoms with Crippen molar-refractivity contribution in [3.05, 3.63) is 41.3 Å². The van der Waals surface area contributed by atoms with Crippen LogP contribution >= 0.6 is 0 Å². The number of aromatic amines is 1. The lowest BCUT2D eigenvalue weighted by atomic mass is 10.2. The molecule has 0 aromatic carbocycles. The number of pyridine rings is 1. The quantitative estimate of drug-likeness (QED) is 0.609. The van der Waals surface area contributed by atoms with Gasteiger partial charge in [-0.3, -0.25) is 0 Å². The van der Waals surface area contributed by atoms with Crippen molar-refractivity contribution in [1.29, 1.82) is 0 Å². The van der Waals surface area contributed by atoms with Gasteiger partial charge in [-0.05, 0) is 18.0 Å². The van der Waals surface area contributed by atoms with Crippen LogP contribution in [-0.4, -0.2) is 21.2 Å². The molecule has 5 nitrogen and oxygen atoms in total. The Labute approximate surface area is 105 Å². The lowest BCUT2D eigenvalue weighted by Gasteiger charge is -1.93.